The van der Waals surface area contributed by atoms with E-state index in [-0.39, 0.29) is 16.3 Å². The number of rotatable bonds is 6. The number of aliphatic hydroxyl groups excluding tert-OH is 1. The zero-order valence-corrected chi connectivity index (χ0v) is 19.4. The molecule has 1 N–H and O–H groups in total. The number of thiophene rings is 1. The second-order valence-corrected chi connectivity index (χ2v) is 11.0. The topological polar surface area (TPSA) is 74.7 Å². The zero-order valence-electron chi connectivity index (χ0n) is 17.0. The Hall–Kier alpha value is -2.55. The Morgan fingerprint density at radius 3 is 2.32 bits per heavy atom. The maximum Gasteiger partial charge on any atom is 0.290 e. The molecular formula is C23H21NO4S3. The third kappa shape index (κ3) is 4.03. The highest BCUT2D eigenvalue weighted by atomic mass is 32.2. The Labute approximate surface area is 190 Å². The van der Waals surface area contributed by atoms with E-state index < -0.39 is 27.5 Å². The highest BCUT2D eigenvalue weighted by Gasteiger charge is 2.46. The van der Waals surface area contributed by atoms with Gasteiger partial charge in [0.05, 0.1) is 17.5 Å². The van der Waals surface area contributed by atoms with E-state index in [4.69, 9.17) is 0 Å². The summed E-state index contributed by atoms with van der Waals surface area (Å²) < 4.78 is 27.1. The smallest absolute Gasteiger partial charge is 0.290 e. The minimum atomic E-state index is -4.10. The molecule has 31 heavy (non-hydrogen) atoms. The number of carbonyl (C=O) groups excluding carboxylic acids is 1. The van der Waals surface area contributed by atoms with Gasteiger partial charge in [-0.2, -0.15) is 0 Å². The van der Waals surface area contributed by atoms with Crippen molar-refractivity contribution in [2.45, 2.75) is 29.3 Å². The van der Waals surface area contributed by atoms with Gasteiger partial charge < -0.3 is 10.0 Å². The van der Waals surface area contributed by atoms with Crippen molar-refractivity contribution < 1.29 is 18.3 Å². The molecule has 0 saturated heterocycles. The fourth-order valence-corrected chi connectivity index (χ4v) is 6.36. The fraction of sp³-hybridized carbons (Fsp3) is 0.174. The number of aryl methyl sites for hydroxylation is 1. The fourth-order valence-electron chi connectivity index (χ4n) is 3.60. The maximum atomic E-state index is 13.6. The first-order valence-corrected chi connectivity index (χ1v) is 13.1. The van der Waals surface area contributed by atoms with Crippen molar-refractivity contribution in [3.05, 3.63) is 92.7 Å². The number of hydrogen-bond donors (Lipinski definition) is 1. The van der Waals surface area contributed by atoms with Crippen LogP contribution in [0.15, 0.2) is 86.5 Å². The first-order valence-electron chi connectivity index (χ1n) is 9.55. The molecule has 1 atom stereocenters. The molecule has 1 amide bonds. The van der Waals surface area contributed by atoms with Crippen molar-refractivity contribution in [1.29, 1.82) is 0 Å². The minimum Gasteiger partial charge on any atom is -0.502 e. The van der Waals surface area contributed by atoms with Crippen LogP contribution in [0.3, 0.4) is 0 Å². The molecule has 1 aliphatic heterocycles. The summed E-state index contributed by atoms with van der Waals surface area (Å²) >= 11 is 3.05. The van der Waals surface area contributed by atoms with Crippen molar-refractivity contribution in [2.75, 3.05) is 6.26 Å². The summed E-state index contributed by atoms with van der Waals surface area (Å²) in [6.45, 7) is 2.08. The van der Waals surface area contributed by atoms with Crippen LogP contribution in [-0.2, 0) is 21.2 Å². The number of nitrogens with zero attached hydrogens (tertiary/aromatic N) is 1. The number of aliphatic hydroxyl groups is 1. The van der Waals surface area contributed by atoms with E-state index in [9.17, 15) is 18.3 Å². The molecule has 2 aromatic carbocycles. The Bertz CT molecular complexity index is 1230. The van der Waals surface area contributed by atoms with Crippen LogP contribution in [0.25, 0.3) is 0 Å². The van der Waals surface area contributed by atoms with Gasteiger partial charge in [0, 0.05) is 9.77 Å². The van der Waals surface area contributed by atoms with Crippen LogP contribution in [0.1, 0.15) is 22.0 Å². The number of amides is 1. The molecule has 3 aromatic rings. The minimum absolute atomic E-state index is 0.0520. The molecule has 0 spiro atoms. The first kappa shape index (κ1) is 21.7. The summed E-state index contributed by atoms with van der Waals surface area (Å²) in [6, 6.07) is 16.7. The van der Waals surface area contributed by atoms with Gasteiger partial charge in [0.1, 0.15) is 4.91 Å². The van der Waals surface area contributed by atoms with E-state index in [1.807, 2.05) is 55.0 Å². The van der Waals surface area contributed by atoms with E-state index in [0.717, 1.165) is 15.3 Å². The quantitative estimate of drug-likeness (QED) is 0.506. The number of thioether (sulfide) groups is 1. The van der Waals surface area contributed by atoms with Gasteiger partial charge in [-0.1, -0.05) is 35.9 Å². The molecule has 1 unspecified atom stereocenters. The molecule has 0 fully saturated rings. The molecule has 0 saturated carbocycles. The maximum absolute atomic E-state index is 13.6. The van der Waals surface area contributed by atoms with Gasteiger partial charge in [-0.25, -0.2) is 8.42 Å². The second-order valence-electron chi connectivity index (χ2n) is 7.22. The normalized spacial score (nSPS) is 16.9. The Morgan fingerprint density at radius 2 is 1.74 bits per heavy atom. The van der Waals surface area contributed by atoms with Crippen LogP contribution < -0.4 is 0 Å². The van der Waals surface area contributed by atoms with Crippen molar-refractivity contribution in [3.63, 3.8) is 0 Å². The Morgan fingerprint density at radius 1 is 1.06 bits per heavy atom. The van der Waals surface area contributed by atoms with Gasteiger partial charge in [-0.15, -0.1) is 23.1 Å². The lowest BCUT2D eigenvalue weighted by Crippen LogP contribution is -2.30. The molecule has 8 heteroatoms. The first-order chi connectivity index (χ1) is 14.8. The molecule has 0 radical (unpaired) electrons. The molecule has 2 heterocycles. The van der Waals surface area contributed by atoms with E-state index >= 15 is 0 Å². The summed E-state index contributed by atoms with van der Waals surface area (Å²) in [5.41, 5.74) is 1.56. The molecule has 0 bridgehead atoms. The van der Waals surface area contributed by atoms with Crippen LogP contribution in [0.4, 0.5) is 0 Å². The van der Waals surface area contributed by atoms with Gasteiger partial charge in [-0.05, 0) is 54.5 Å². The van der Waals surface area contributed by atoms with Gasteiger partial charge in [0.2, 0.25) is 9.84 Å². The number of sulfone groups is 1. The van der Waals surface area contributed by atoms with Crippen molar-refractivity contribution in [1.82, 2.24) is 4.90 Å². The van der Waals surface area contributed by atoms with E-state index in [0.29, 0.717) is 5.56 Å². The van der Waals surface area contributed by atoms with Crippen LogP contribution in [0.5, 0.6) is 0 Å². The SMILES string of the molecule is CSc1ccc(C2C(S(=O)(=O)c3ccc(C)cc3)=C(O)C(=O)N2Cc2cccs2)cc1. The van der Waals surface area contributed by atoms with Crippen LogP contribution in [-0.4, -0.2) is 30.6 Å². The lowest BCUT2D eigenvalue weighted by Gasteiger charge is -2.26. The monoisotopic (exact) mass is 471 g/mol. The van der Waals surface area contributed by atoms with Crippen LogP contribution in [0, 0.1) is 6.92 Å². The van der Waals surface area contributed by atoms with Gasteiger partial charge in [-0.3, -0.25) is 4.79 Å². The summed E-state index contributed by atoms with van der Waals surface area (Å²) in [7, 11) is -4.10. The van der Waals surface area contributed by atoms with Crippen molar-refractivity contribution in [2.24, 2.45) is 0 Å². The second kappa shape index (κ2) is 8.53. The summed E-state index contributed by atoms with van der Waals surface area (Å²) in [6.07, 6.45) is 1.95. The third-order valence-electron chi connectivity index (χ3n) is 5.22. The van der Waals surface area contributed by atoms with Crippen molar-refractivity contribution >= 4 is 38.8 Å². The van der Waals surface area contributed by atoms with Crippen LogP contribution >= 0.6 is 23.1 Å². The summed E-state index contributed by atoms with van der Waals surface area (Å²) in [5, 5.41) is 12.6. The molecule has 1 aliphatic rings. The predicted molar refractivity (Wildman–Crippen MR) is 124 cm³/mol. The average Bonchev–Trinajstić information content (AvgIpc) is 3.37. The molecule has 160 valence electrons. The lowest BCUT2D eigenvalue weighted by molar-refractivity contribution is -0.130. The third-order valence-corrected chi connectivity index (χ3v) is 8.71. The molecule has 4 rings (SSSR count). The number of carbonyl (C=O) groups is 1. The van der Waals surface area contributed by atoms with E-state index in [2.05, 4.69) is 0 Å². The summed E-state index contributed by atoms with van der Waals surface area (Å²) in [5.74, 6) is -1.39. The molecule has 5 nitrogen and oxygen atoms in total. The van der Waals surface area contributed by atoms with E-state index in [1.54, 1.807) is 23.9 Å². The highest BCUT2D eigenvalue weighted by molar-refractivity contribution is 7.98. The standard InChI is InChI=1S/C23H21NO4S3/c1-15-5-11-19(12-6-15)31(27,28)22-20(16-7-9-17(29-2)10-8-16)24(23(26)21(22)25)14-18-4-3-13-30-18/h3-13,20,25H,14H2,1-2H3. The number of hydrogen-bond acceptors (Lipinski definition) is 6. The van der Waals surface area contributed by atoms with Gasteiger partial charge >= 0.3 is 0 Å². The van der Waals surface area contributed by atoms with Crippen LogP contribution in [0.2, 0.25) is 0 Å². The Balaban J connectivity index is 1.85. The Kier molecular flexibility index (Phi) is 5.96. The van der Waals surface area contributed by atoms with Gasteiger partial charge in [0.15, 0.2) is 5.76 Å². The zero-order chi connectivity index (χ0) is 22.2. The summed E-state index contributed by atoms with van der Waals surface area (Å²) in [4.78, 5) is 16.2. The largest absolute Gasteiger partial charge is 0.502 e. The highest BCUT2D eigenvalue weighted by Crippen LogP contribution is 2.43. The van der Waals surface area contributed by atoms with E-state index in [1.165, 1.54) is 28.4 Å². The molecule has 0 aliphatic carbocycles. The lowest BCUT2D eigenvalue weighted by atomic mass is 10.1. The average molecular weight is 472 g/mol. The molecular weight excluding hydrogens is 450 g/mol. The van der Waals surface area contributed by atoms with Gasteiger partial charge in [0.25, 0.3) is 5.91 Å². The molecule has 1 aromatic heterocycles. The predicted octanol–water partition coefficient (Wildman–Crippen LogP) is 5.11. The number of benzene rings is 2. The van der Waals surface area contributed by atoms with Crippen molar-refractivity contribution in [3.8, 4) is 0 Å².